The van der Waals surface area contributed by atoms with Gasteiger partial charge in [-0.1, -0.05) is 24.3 Å². The van der Waals surface area contributed by atoms with Gasteiger partial charge >= 0.3 is 6.03 Å². The Morgan fingerprint density at radius 3 is 1.80 bits per heavy atom. The van der Waals surface area contributed by atoms with Crippen LogP contribution < -0.4 is 33.6 Å². The maximum Gasteiger partial charge on any atom is 0.323 e. The van der Waals surface area contributed by atoms with Gasteiger partial charge in [-0.15, -0.1) is 10.2 Å². The highest BCUT2D eigenvalue weighted by molar-refractivity contribution is 6.03. The highest BCUT2D eigenvalue weighted by atomic mass is 16.2. The van der Waals surface area contributed by atoms with Crippen molar-refractivity contribution in [3.05, 3.63) is 59.7 Å². The molecule has 0 saturated carbocycles. The van der Waals surface area contributed by atoms with Crippen molar-refractivity contribution in [1.82, 2.24) is 0 Å². The summed E-state index contributed by atoms with van der Waals surface area (Å²) in [6.45, 7) is 3.53. The number of amides is 2. The van der Waals surface area contributed by atoms with Crippen molar-refractivity contribution >= 4 is 40.7 Å². The Balaban J connectivity index is 2.03. The molecule has 30 heavy (non-hydrogen) atoms. The molecule has 2 amide bonds. The number of urea groups is 1. The lowest BCUT2D eigenvalue weighted by molar-refractivity contribution is 0.262. The van der Waals surface area contributed by atoms with E-state index in [0.717, 1.165) is 11.1 Å². The fourth-order valence-corrected chi connectivity index (χ4v) is 2.29. The Bertz CT molecular complexity index is 1010. The highest BCUT2D eigenvalue weighted by Gasteiger charge is 2.06. The average Bonchev–Trinajstić information content (AvgIpc) is 2.70. The summed E-state index contributed by atoms with van der Waals surface area (Å²) in [6, 6.07) is 13.8. The number of nitrogens with one attached hydrogen (secondary N) is 2. The van der Waals surface area contributed by atoms with Crippen molar-refractivity contribution in [3.63, 3.8) is 0 Å². The van der Waals surface area contributed by atoms with Crippen LogP contribution in [0.4, 0.5) is 16.2 Å². The fraction of sp³-hybridized carbons (Fsp3) is 0.105. The zero-order valence-corrected chi connectivity index (χ0v) is 16.6. The van der Waals surface area contributed by atoms with E-state index in [1.54, 1.807) is 56.3 Å². The molecule has 0 radical (unpaired) electrons. The minimum atomic E-state index is -0.399. The first kappa shape index (κ1) is 21.9. The number of hydrogen-bond acceptors (Lipinski definition) is 5. The molecule has 0 spiro atoms. The van der Waals surface area contributed by atoms with E-state index < -0.39 is 6.03 Å². The molecule has 11 nitrogen and oxygen atoms in total. The molecule has 0 unspecified atom stereocenters. The SMILES string of the molecule is CC(=NN=C(N)N)c1ccc(NC(=O)Nc2cccc(C(C)=NN=C(N)N)c2)cc1. The molecule has 0 bridgehead atoms. The molecule has 0 fully saturated rings. The first-order valence-electron chi connectivity index (χ1n) is 8.80. The van der Waals surface area contributed by atoms with Gasteiger partial charge in [-0.2, -0.15) is 10.2 Å². The molecule has 2 aromatic rings. The Labute approximate surface area is 173 Å². The number of rotatable bonds is 6. The number of carbonyl (C=O) groups excluding carboxylic acids is 1. The predicted octanol–water partition coefficient (Wildman–Crippen LogP) is 1.33. The molecule has 2 rings (SSSR count). The second-order valence-corrected chi connectivity index (χ2v) is 6.16. The van der Waals surface area contributed by atoms with Crippen molar-refractivity contribution in [2.45, 2.75) is 13.8 Å². The number of nitrogens with zero attached hydrogens (tertiary/aromatic N) is 4. The van der Waals surface area contributed by atoms with Gasteiger partial charge in [0.1, 0.15) is 0 Å². The van der Waals surface area contributed by atoms with E-state index in [9.17, 15) is 4.79 Å². The van der Waals surface area contributed by atoms with Gasteiger partial charge in [0.25, 0.3) is 0 Å². The summed E-state index contributed by atoms with van der Waals surface area (Å²) in [5, 5.41) is 20.6. The topological polar surface area (TPSA) is 195 Å². The molecule has 10 N–H and O–H groups in total. The van der Waals surface area contributed by atoms with Crippen molar-refractivity contribution in [2.75, 3.05) is 10.6 Å². The molecule has 0 saturated heterocycles. The molecule has 0 atom stereocenters. The van der Waals surface area contributed by atoms with Crippen LogP contribution in [-0.4, -0.2) is 29.4 Å². The molecule has 11 heteroatoms. The van der Waals surface area contributed by atoms with Gasteiger partial charge in [0.15, 0.2) is 0 Å². The van der Waals surface area contributed by atoms with Crippen molar-refractivity contribution in [3.8, 4) is 0 Å². The first-order valence-corrected chi connectivity index (χ1v) is 8.80. The summed E-state index contributed by atoms with van der Waals surface area (Å²) in [5.41, 5.74) is 25.1. The van der Waals surface area contributed by atoms with E-state index >= 15 is 0 Å². The maximum atomic E-state index is 12.3. The van der Waals surface area contributed by atoms with Crippen LogP contribution in [-0.2, 0) is 0 Å². The number of hydrogen-bond donors (Lipinski definition) is 6. The number of nitrogens with two attached hydrogens (primary N) is 4. The second-order valence-electron chi connectivity index (χ2n) is 6.16. The zero-order valence-electron chi connectivity index (χ0n) is 16.6. The third-order valence-corrected chi connectivity index (χ3v) is 3.73. The normalized spacial score (nSPS) is 11.4. The van der Waals surface area contributed by atoms with E-state index in [1.807, 2.05) is 6.07 Å². The molecular weight excluding hydrogens is 384 g/mol. The summed E-state index contributed by atoms with van der Waals surface area (Å²) in [6.07, 6.45) is 0. The monoisotopic (exact) mass is 408 g/mol. The minimum Gasteiger partial charge on any atom is -0.369 e. The van der Waals surface area contributed by atoms with Gasteiger partial charge in [-0.3, -0.25) is 0 Å². The van der Waals surface area contributed by atoms with Crippen LogP contribution in [0.15, 0.2) is 68.9 Å². The van der Waals surface area contributed by atoms with Gasteiger partial charge in [0.2, 0.25) is 11.9 Å². The standard InChI is InChI=1S/C19H24N10O/c1-11(26-28-17(20)21)13-6-8-15(9-7-13)24-19(30)25-16-5-3-4-14(10-16)12(2)27-29-18(22)23/h3-10H,1-2H3,(H4,20,21,28)(H4,22,23,29)(H2,24,25,30). The summed E-state index contributed by atoms with van der Waals surface area (Å²) in [7, 11) is 0. The molecule has 0 heterocycles. The summed E-state index contributed by atoms with van der Waals surface area (Å²) in [5.74, 6) is -0.252. The quantitative estimate of drug-likeness (QED) is 0.238. The maximum absolute atomic E-state index is 12.3. The first-order chi connectivity index (χ1) is 14.2. The van der Waals surface area contributed by atoms with Gasteiger partial charge in [0, 0.05) is 11.4 Å². The smallest absolute Gasteiger partial charge is 0.323 e. The fourth-order valence-electron chi connectivity index (χ4n) is 2.29. The minimum absolute atomic E-state index is 0.119. The van der Waals surface area contributed by atoms with E-state index in [4.69, 9.17) is 22.9 Å². The van der Waals surface area contributed by atoms with Crippen LogP contribution in [0.5, 0.6) is 0 Å². The Kier molecular flexibility index (Phi) is 7.46. The van der Waals surface area contributed by atoms with Gasteiger partial charge in [-0.25, -0.2) is 4.79 Å². The molecule has 0 aromatic heterocycles. The van der Waals surface area contributed by atoms with E-state index in [0.29, 0.717) is 22.8 Å². The Hall–Kier alpha value is -4.41. The van der Waals surface area contributed by atoms with Crippen LogP contribution in [0.1, 0.15) is 25.0 Å². The van der Waals surface area contributed by atoms with Crippen molar-refractivity contribution in [2.24, 2.45) is 43.3 Å². The molecule has 0 aliphatic heterocycles. The third-order valence-electron chi connectivity index (χ3n) is 3.73. The van der Waals surface area contributed by atoms with E-state index in [2.05, 4.69) is 31.0 Å². The number of anilines is 2. The lowest BCUT2D eigenvalue weighted by Crippen LogP contribution is -2.22. The summed E-state index contributed by atoms with van der Waals surface area (Å²) >= 11 is 0. The molecular formula is C19H24N10O. The third kappa shape index (κ3) is 6.96. The number of carbonyl (C=O) groups is 1. The molecule has 156 valence electrons. The lowest BCUT2D eigenvalue weighted by atomic mass is 10.1. The van der Waals surface area contributed by atoms with Crippen LogP contribution in [0.2, 0.25) is 0 Å². The van der Waals surface area contributed by atoms with Gasteiger partial charge in [-0.05, 0) is 49.2 Å². The van der Waals surface area contributed by atoms with Crippen LogP contribution >= 0.6 is 0 Å². The Morgan fingerprint density at radius 2 is 1.23 bits per heavy atom. The Morgan fingerprint density at radius 1 is 0.700 bits per heavy atom. The van der Waals surface area contributed by atoms with Crippen LogP contribution in [0, 0.1) is 0 Å². The molecule has 2 aromatic carbocycles. The predicted molar refractivity (Wildman–Crippen MR) is 122 cm³/mol. The van der Waals surface area contributed by atoms with Crippen LogP contribution in [0.3, 0.4) is 0 Å². The number of benzene rings is 2. The largest absolute Gasteiger partial charge is 0.369 e. The van der Waals surface area contributed by atoms with Gasteiger partial charge < -0.3 is 33.6 Å². The van der Waals surface area contributed by atoms with Crippen molar-refractivity contribution in [1.29, 1.82) is 0 Å². The van der Waals surface area contributed by atoms with Gasteiger partial charge in [0.05, 0.1) is 11.4 Å². The average molecular weight is 408 g/mol. The molecule has 0 aliphatic rings. The summed E-state index contributed by atoms with van der Waals surface area (Å²) < 4.78 is 0. The van der Waals surface area contributed by atoms with Crippen molar-refractivity contribution < 1.29 is 4.79 Å². The van der Waals surface area contributed by atoms with Crippen LogP contribution in [0.25, 0.3) is 0 Å². The summed E-state index contributed by atoms with van der Waals surface area (Å²) in [4.78, 5) is 12.3. The second kappa shape index (κ2) is 10.2. The van der Waals surface area contributed by atoms with E-state index in [1.165, 1.54) is 0 Å². The lowest BCUT2D eigenvalue weighted by Gasteiger charge is -2.09. The zero-order chi connectivity index (χ0) is 22.1. The number of guanidine groups is 2. The molecule has 0 aliphatic carbocycles. The highest BCUT2D eigenvalue weighted by Crippen LogP contribution is 2.14. The van der Waals surface area contributed by atoms with E-state index in [-0.39, 0.29) is 11.9 Å².